The van der Waals surface area contributed by atoms with Gasteiger partial charge in [-0.15, -0.1) is 0 Å². The highest BCUT2D eigenvalue weighted by molar-refractivity contribution is 7.91. The van der Waals surface area contributed by atoms with E-state index in [1.54, 1.807) is 0 Å². The molecule has 100 valence electrons. The first-order valence-electron chi connectivity index (χ1n) is 6.19. The van der Waals surface area contributed by atoms with Crippen LogP contribution in [0.2, 0.25) is 0 Å². The molecule has 1 fully saturated rings. The molecule has 0 radical (unpaired) electrons. The van der Waals surface area contributed by atoms with E-state index in [1.165, 1.54) is 0 Å². The molecule has 0 bridgehead atoms. The number of sulfone groups is 1. The van der Waals surface area contributed by atoms with Crippen molar-refractivity contribution in [1.29, 1.82) is 0 Å². The summed E-state index contributed by atoms with van der Waals surface area (Å²) in [4.78, 5) is 0. The molecule has 4 nitrogen and oxygen atoms in total. The second-order valence-corrected chi connectivity index (χ2v) is 7.14. The highest BCUT2D eigenvalue weighted by Gasteiger charge is 2.30. The number of nitrogens with two attached hydrogens (primary N) is 1. The van der Waals surface area contributed by atoms with Crippen LogP contribution in [0.15, 0.2) is 24.3 Å². The normalized spacial score (nSPS) is 24.7. The van der Waals surface area contributed by atoms with Gasteiger partial charge in [0.05, 0.1) is 17.6 Å². The third-order valence-electron chi connectivity index (χ3n) is 3.50. The average molecular weight is 269 g/mol. The zero-order valence-electron chi connectivity index (χ0n) is 10.2. The molecule has 1 saturated heterocycles. The number of rotatable bonds is 3. The van der Waals surface area contributed by atoms with Gasteiger partial charge < -0.3 is 10.8 Å². The minimum absolute atomic E-state index is 0.0901. The molecule has 1 aromatic rings. The van der Waals surface area contributed by atoms with Crippen LogP contribution in [0, 0.1) is 5.92 Å². The molecule has 1 aliphatic heterocycles. The van der Waals surface area contributed by atoms with Crippen molar-refractivity contribution in [3.05, 3.63) is 35.4 Å². The summed E-state index contributed by atoms with van der Waals surface area (Å²) < 4.78 is 23.1. The van der Waals surface area contributed by atoms with E-state index in [2.05, 4.69) is 0 Å². The first-order chi connectivity index (χ1) is 8.52. The maximum Gasteiger partial charge on any atom is 0.150 e. The molecule has 18 heavy (non-hydrogen) atoms. The first-order valence-corrected chi connectivity index (χ1v) is 8.01. The van der Waals surface area contributed by atoms with Gasteiger partial charge in [0.2, 0.25) is 0 Å². The molecule has 3 N–H and O–H groups in total. The van der Waals surface area contributed by atoms with Crippen LogP contribution in [0.25, 0.3) is 0 Å². The van der Waals surface area contributed by atoms with E-state index < -0.39 is 15.9 Å². The van der Waals surface area contributed by atoms with E-state index in [0.717, 1.165) is 17.5 Å². The first kappa shape index (κ1) is 13.5. The molecule has 2 unspecified atom stereocenters. The smallest absolute Gasteiger partial charge is 0.150 e. The number of aliphatic hydroxyl groups is 1. The van der Waals surface area contributed by atoms with E-state index in [-0.39, 0.29) is 17.4 Å². The molecule has 1 heterocycles. The van der Waals surface area contributed by atoms with E-state index in [4.69, 9.17) is 5.73 Å². The highest BCUT2D eigenvalue weighted by atomic mass is 32.2. The standard InChI is InChI=1S/C13H19NO3S/c14-8-10-3-5-11(6-4-10)13(15)12-2-1-7-18(16,17)9-12/h3-6,12-13,15H,1-2,7-9,14H2. The summed E-state index contributed by atoms with van der Waals surface area (Å²) in [6.07, 6.45) is 0.705. The van der Waals surface area contributed by atoms with Gasteiger partial charge in [0.25, 0.3) is 0 Å². The lowest BCUT2D eigenvalue weighted by Crippen LogP contribution is -2.29. The fourth-order valence-corrected chi connectivity index (χ4v) is 4.20. The van der Waals surface area contributed by atoms with Gasteiger partial charge in [-0.05, 0) is 24.0 Å². The molecule has 2 atom stereocenters. The van der Waals surface area contributed by atoms with Crippen molar-refractivity contribution in [2.45, 2.75) is 25.5 Å². The van der Waals surface area contributed by atoms with Crippen molar-refractivity contribution < 1.29 is 13.5 Å². The molecule has 0 amide bonds. The van der Waals surface area contributed by atoms with Crippen LogP contribution in [0.3, 0.4) is 0 Å². The minimum Gasteiger partial charge on any atom is -0.388 e. The van der Waals surface area contributed by atoms with E-state index in [0.29, 0.717) is 13.0 Å². The minimum atomic E-state index is -2.98. The zero-order valence-corrected chi connectivity index (χ0v) is 11.1. The van der Waals surface area contributed by atoms with Crippen molar-refractivity contribution in [2.24, 2.45) is 11.7 Å². The lowest BCUT2D eigenvalue weighted by Gasteiger charge is -2.26. The largest absolute Gasteiger partial charge is 0.388 e. The van der Waals surface area contributed by atoms with Crippen molar-refractivity contribution in [2.75, 3.05) is 11.5 Å². The Morgan fingerprint density at radius 3 is 2.56 bits per heavy atom. The second kappa shape index (κ2) is 5.38. The predicted molar refractivity (Wildman–Crippen MR) is 70.7 cm³/mol. The average Bonchev–Trinajstić information content (AvgIpc) is 2.37. The summed E-state index contributed by atoms with van der Waals surface area (Å²) in [6, 6.07) is 7.40. The van der Waals surface area contributed by atoms with Gasteiger partial charge in [0.15, 0.2) is 9.84 Å². The fourth-order valence-electron chi connectivity index (χ4n) is 2.43. The van der Waals surface area contributed by atoms with Crippen molar-refractivity contribution in [1.82, 2.24) is 0 Å². The van der Waals surface area contributed by atoms with Crippen molar-refractivity contribution in [3.8, 4) is 0 Å². The Kier molecular flexibility index (Phi) is 4.04. The lowest BCUT2D eigenvalue weighted by molar-refractivity contribution is 0.112. The van der Waals surface area contributed by atoms with Crippen LogP contribution >= 0.6 is 0 Å². The van der Waals surface area contributed by atoms with Gasteiger partial charge in [0, 0.05) is 12.5 Å². The van der Waals surface area contributed by atoms with Gasteiger partial charge in [-0.25, -0.2) is 8.42 Å². The Balaban J connectivity index is 2.12. The van der Waals surface area contributed by atoms with E-state index in [9.17, 15) is 13.5 Å². The Bertz CT molecular complexity index is 495. The summed E-state index contributed by atoms with van der Waals surface area (Å²) in [7, 11) is -2.98. The fraction of sp³-hybridized carbons (Fsp3) is 0.538. The van der Waals surface area contributed by atoms with E-state index >= 15 is 0 Å². The van der Waals surface area contributed by atoms with Gasteiger partial charge in [0.1, 0.15) is 0 Å². The topological polar surface area (TPSA) is 80.4 Å². The van der Waals surface area contributed by atoms with Crippen LogP contribution < -0.4 is 5.73 Å². The Hall–Kier alpha value is -0.910. The molecule has 0 aliphatic carbocycles. The zero-order chi connectivity index (χ0) is 13.2. The number of aliphatic hydroxyl groups excluding tert-OH is 1. The summed E-state index contributed by atoms with van der Waals surface area (Å²) in [5.74, 6) is 0.155. The summed E-state index contributed by atoms with van der Waals surface area (Å²) in [5, 5.41) is 10.2. The molecule has 1 aliphatic rings. The quantitative estimate of drug-likeness (QED) is 0.858. The third kappa shape index (κ3) is 3.10. The summed E-state index contributed by atoms with van der Waals surface area (Å²) in [6.45, 7) is 0.466. The number of benzene rings is 1. The predicted octanol–water partition coefficient (Wildman–Crippen LogP) is 1.00. The Morgan fingerprint density at radius 2 is 2.00 bits per heavy atom. The van der Waals surface area contributed by atoms with Gasteiger partial charge in [-0.1, -0.05) is 24.3 Å². The van der Waals surface area contributed by atoms with Crippen LogP contribution in [0.4, 0.5) is 0 Å². The highest BCUT2D eigenvalue weighted by Crippen LogP contribution is 2.30. The summed E-state index contributed by atoms with van der Waals surface area (Å²) >= 11 is 0. The molecule has 0 saturated carbocycles. The SMILES string of the molecule is NCc1ccc(C(O)C2CCCS(=O)(=O)C2)cc1. The van der Waals surface area contributed by atoms with Crippen LogP contribution in [-0.2, 0) is 16.4 Å². The maximum atomic E-state index is 11.6. The molecular formula is C13H19NO3S. The number of hydrogen-bond acceptors (Lipinski definition) is 4. The molecule has 0 spiro atoms. The van der Waals surface area contributed by atoms with Gasteiger partial charge >= 0.3 is 0 Å². The van der Waals surface area contributed by atoms with Crippen molar-refractivity contribution in [3.63, 3.8) is 0 Å². The summed E-state index contributed by atoms with van der Waals surface area (Å²) in [5.41, 5.74) is 7.29. The van der Waals surface area contributed by atoms with Crippen LogP contribution in [0.5, 0.6) is 0 Å². The third-order valence-corrected chi connectivity index (χ3v) is 5.35. The van der Waals surface area contributed by atoms with Gasteiger partial charge in [-0.2, -0.15) is 0 Å². The molecule has 2 rings (SSSR count). The molecular weight excluding hydrogens is 250 g/mol. The van der Waals surface area contributed by atoms with Gasteiger partial charge in [-0.3, -0.25) is 0 Å². The van der Waals surface area contributed by atoms with Crippen LogP contribution in [0.1, 0.15) is 30.1 Å². The molecule has 1 aromatic carbocycles. The molecule has 5 heteroatoms. The van der Waals surface area contributed by atoms with E-state index in [1.807, 2.05) is 24.3 Å². The van der Waals surface area contributed by atoms with Crippen molar-refractivity contribution >= 4 is 9.84 Å². The Morgan fingerprint density at radius 1 is 1.33 bits per heavy atom. The lowest BCUT2D eigenvalue weighted by atomic mass is 9.92. The number of hydrogen-bond donors (Lipinski definition) is 2. The molecule has 0 aromatic heterocycles. The maximum absolute atomic E-state index is 11.6. The van der Waals surface area contributed by atoms with Crippen LogP contribution in [-0.4, -0.2) is 25.0 Å². The Labute approximate surface area is 108 Å². The second-order valence-electron chi connectivity index (χ2n) is 4.91. The monoisotopic (exact) mass is 269 g/mol.